The van der Waals surface area contributed by atoms with Gasteiger partial charge in [0.25, 0.3) is 5.56 Å². The van der Waals surface area contributed by atoms with Crippen LogP contribution in [0.1, 0.15) is 6.42 Å². The third kappa shape index (κ3) is 5.12. The fourth-order valence-electron chi connectivity index (χ4n) is 4.14. The van der Waals surface area contributed by atoms with E-state index in [1.54, 1.807) is 4.90 Å². The van der Waals surface area contributed by atoms with Gasteiger partial charge in [-0.1, -0.05) is 11.6 Å². The highest BCUT2D eigenvalue weighted by Gasteiger charge is 2.22. The summed E-state index contributed by atoms with van der Waals surface area (Å²) in [6.07, 6.45) is 0.0179. The number of fused-ring (bicyclic) bond motifs is 1. The average Bonchev–Trinajstić information content (AvgIpc) is 2.86. The molecule has 0 radical (unpaired) electrons. The van der Waals surface area contributed by atoms with Crippen LogP contribution in [-0.2, 0) is 28.9 Å². The second-order valence-corrected chi connectivity index (χ2v) is 10.6. The summed E-state index contributed by atoms with van der Waals surface area (Å²) in [5.41, 5.74) is 0.307. The summed E-state index contributed by atoms with van der Waals surface area (Å²) in [5, 5.41) is 0.786. The first-order valence-electron chi connectivity index (χ1n) is 11.1. The molecule has 1 fully saturated rings. The number of halogens is 1. The zero-order valence-corrected chi connectivity index (χ0v) is 21.0. The predicted molar refractivity (Wildman–Crippen MR) is 134 cm³/mol. The van der Waals surface area contributed by atoms with Crippen LogP contribution in [0.4, 0.5) is 5.69 Å². The van der Waals surface area contributed by atoms with E-state index in [0.29, 0.717) is 36.7 Å². The molecule has 1 amide bonds. The van der Waals surface area contributed by atoms with Gasteiger partial charge in [0, 0.05) is 63.9 Å². The lowest BCUT2D eigenvalue weighted by Gasteiger charge is -2.36. The van der Waals surface area contributed by atoms with Gasteiger partial charge in [0.15, 0.2) is 0 Å². The largest absolute Gasteiger partial charge is 0.368 e. The van der Waals surface area contributed by atoms with Crippen LogP contribution >= 0.6 is 11.6 Å². The Labute approximate surface area is 207 Å². The Balaban J connectivity index is 1.36. The minimum atomic E-state index is -3.95. The molecule has 0 unspecified atom stereocenters. The second-order valence-electron chi connectivity index (χ2n) is 8.38. The van der Waals surface area contributed by atoms with Crippen molar-refractivity contribution in [1.29, 1.82) is 0 Å². The molecule has 1 aliphatic rings. The summed E-state index contributed by atoms with van der Waals surface area (Å²) in [6, 6.07) is 11.5. The van der Waals surface area contributed by atoms with Gasteiger partial charge in [-0.15, -0.1) is 0 Å². The van der Waals surface area contributed by atoms with Crippen molar-refractivity contribution >= 4 is 44.1 Å². The van der Waals surface area contributed by atoms with Crippen molar-refractivity contribution in [2.24, 2.45) is 14.1 Å². The van der Waals surface area contributed by atoms with E-state index in [9.17, 15) is 22.8 Å². The smallest absolute Gasteiger partial charge is 0.330 e. The van der Waals surface area contributed by atoms with Gasteiger partial charge in [0.1, 0.15) is 0 Å². The Kier molecular flexibility index (Phi) is 7.02. The van der Waals surface area contributed by atoms with E-state index in [0.717, 1.165) is 10.3 Å². The molecule has 0 aliphatic carbocycles. The number of hydrogen-bond acceptors (Lipinski definition) is 6. The van der Waals surface area contributed by atoms with E-state index in [1.807, 2.05) is 24.3 Å². The van der Waals surface area contributed by atoms with E-state index < -0.39 is 21.3 Å². The van der Waals surface area contributed by atoms with Gasteiger partial charge in [-0.25, -0.2) is 17.9 Å². The quantitative estimate of drug-likeness (QED) is 0.518. The summed E-state index contributed by atoms with van der Waals surface area (Å²) >= 11 is 5.94. The van der Waals surface area contributed by atoms with Crippen molar-refractivity contribution < 1.29 is 13.2 Å². The van der Waals surface area contributed by atoms with Crippen molar-refractivity contribution in [3.8, 4) is 0 Å². The zero-order valence-electron chi connectivity index (χ0n) is 19.4. The molecule has 2 aromatic carbocycles. The molecule has 2 heterocycles. The van der Waals surface area contributed by atoms with Gasteiger partial charge < -0.3 is 9.80 Å². The maximum Gasteiger partial charge on any atom is 0.330 e. The number of anilines is 1. The molecule has 0 bridgehead atoms. The Hall–Kier alpha value is -3.15. The zero-order chi connectivity index (χ0) is 25.3. The molecule has 1 aliphatic heterocycles. The third-order valence-electron chi connectivity index (χ3n) is 6.20. The first kappa shape index (κ1) is 25.0. The van der Waals surface area contributed by atoms with Crippen molar-refractivity contribution in [2.45, 2.75) is 11.3 Å². The van der Waals surface area contributed by atoms with Crippen LogP contribution in [0.5, 0.6) is 0 Å². The van der Waals surface area contributed by atoms with E-state index in [1.165, 1.54) is 36.9 Å². The third-order valence-corrected chi connectivity index (χ3v) is 7.91. The molecule has 1 aromatic heterocycles. The molecule has 35 heavy (non-hydrogen) atoms. The molecule has 0 saturated carbocycles. The number of benzene rings is 2. The number of sulfonamides is 1. The monoisotopic (exact) mass is 519 g/mol. The predicted octanol–water partition coefficient (Wildman–Crippen LogP) is 0.908. The van der Waals surface area contributed by atoms with E-state index in [-0.39, 0.29) is 29.2 Å². The highest BCUT2D eigenvalue weighted by atomic mass is 35.5. The average molecular weight is 520 g/mol. The molecule has 3 aromatic rings. The summed E-state index contributed by atoms with van der Waals surface area (Å²) in [5.74, 6) is -0.133. The lowest BCUT2D eigenvalue weighted by molar-refractivity contribution is -0.131. The lowest BCUT2D eigenvalue weighted by atomic mass is 10.2. The molecule has 0 spiro atoms. The van der Waals surface area contributed by atoms with Crippen molar-refractivity contribution in [2.75, 3.05) is 37.6 Å². The molecular weight excluding hydrogens is 494 g/mol. The lowest BCUT2D eigenvalue weighted by Crippen LogP contribution is -2.49. The normalized spacial score (nSPS) is 14.5. The first-order valence-corrected chi connectivity index (χ1v) is 12.9. The van der Waals surface area contributed by atoms with Crippen LogP contribution < -0.4 is 20.9 Å². The van der Waals surface area contributed by atoms with Crippen molar-refractivity contribution in [3.05, 3.63) is 68.3 Å². The van der Waals surface area contributed by atoms with Crippen LogP contribution in [0.3, 0.4) is 0 Å². The number of piperazine rings is 1. The van der Waals surface area contributed by atoms with Crippen molar-refractivity contribution in [1.82, 2.24) is 18.8 Å². The minimum absolute atomic E-state index is 0.0179. The fraction of sp³-hybridized carbons (Fsp3) is 0.348. The van der Waals surface area contributed by atoms with E-state index in [4.69, 9.17) is 11.6 Å². The van der Waals surface area contributed by atoms with Crippen LogP contribution in [0.25, 0.3) is 10.9 Å². The summed E-state index contributed by atoms with van der Waals surface area (Å²) < 4.78 is 30.2. The molecule has 1 N–H and O–H groups in total. The number of carbonyl (C=O) groups is 1. The van der Waals surface area contributed by atoms with Crippen LogP contribution in [0.15, 0.2) is 56.9 Å². The number of amides is 1. The van der Waals surface area contributed by atoms with Crippen LogP contribution in [0, 0.1) is 0 Å². The fourth-order valence-corrected chi connectivity index (χ4v) is 5.33. The van der Waals surface area contributed by atoms with Gasteiger partial charge in [-0.3, -0.25) is 18.7 Å². The number of rotatable bonds is 6. The molecule has 10 nitrogen and oxygen atoms in total. The van der Waals surface area contributed by atoms with Crippen molar-refractivity contribution in [3.63, 3.8) is 0 Å². The minimum Gasteiger partial charge on any atom is -0.368 e. The van der Waals surface area contributed by atoms with Crippen LogP contribution in [-0.4, -0.2) is 61.1 Å². The molecule has 4 rings (SSSR count). The summed E-state index contributed by atoms with van der Waals surface area (Å²) in [4.78, 5) is 40.9. The number of hydrogen-bond donors (Lipinski definition) is 1. The highest BCUT2D eigenvalue weighted by Crippen LogP contribution is 2.20. The van der Waals surface area contributed by atoms with Gasteiger partial charge in [0.05, 0.1) is 15.8 Å². The Morgan fingerprint density at radius 3 is 2.29 bits per heavy atom. The van der Waals surface area contributed by atoms with Crippen LogP contribution in [0.2, 0.25) is 5.02 Å². The number of aryl methyl sites for hydroxylation is 1. The summed E-state index contributed by atoms with van der Waals surface area (Å²) in [7, 11) is -1.11. The van der Waals surface area contributed by atoms with E-state index in [2.05, 4.69) is 9.62 Å². The number of carbonyl (C=O) groups excluding carboxylic acids is 1. The number of nitrogens with zero attached hydrogens (tertiary/aromatic N) is 4. The molecule has 1 saturated heterocycles. The molecule has 12 heteroatoms. The Bertz CT molecular complexity index is 1490. The first-order chi connectivity index (χ1) is 16.6. The topological polar surface area (TPSA) is 114 Å². The maximum atomic E-state index is 12.8. The molecule has 186 valence electrons. The molecular formula is C23H26ClN5O5S. The second kappa shape index (κ2) is 9.84. The highest BCUT2D eigenvalue weighted by molar-refractivity contribution is 7.89. The van der Waals surface area contributed by atoms with Gasteiger partial charge in [0.2, 0.25) is 15.9 Å². The van der Waals surface area contributed by atoms with Gasteiger partial charge >= 0.3 is 5.69 Å². The number of nitrogens with one attached hydrogen (secondary N) is 1. The summed E-state index contributed by atoms with van der Waals surface area (Å²) in [6.45, 7) is 2.37. The van der Waals surface area contributed by atoms with E-state index >= 15 is 0 Å². The Morgan fingerprint density at radius 2 is 1.63 bits per heavy atom. The van der Waals surface area contributed by atoms with Gasteiger partial charge in [-0.2, -0.15) is 0 Å². The molecule has 0 atom stereocenters. The maximum absolute atomic E-state index is 12.8. The Morgan fingerprint density at radius 1 is 0.971 bits per heavy atom. The standard InChI is InChI=1S/C23H26ClN5O5S/c1-26-20-8-7-18(15-19(20)22(31)27(2)23(26)32)35(33,34)25-10-9-21(30)29-13-11-28(12-14-29)17-5-3-16(24)4-6-17/h3-8,15,25H,9-14H2,1-2H3. The van der Waals surface area contributed by atoms with Gasteiger partial charge in [-0.05, 0) is 42.5 Å². The number of aromatic nitrogens is 2. The SMILES string of the molecule is Cn1c(=O)c2cc(S(=O)(=O)NCCC(=O)N3CCN(c4ccc(Cl)cc4)CC3)ccc2n(C)c1=O.